The summed E-state index contributed by atoms with van der Waals surface area (Å²) in [6.07, 6.45) is 5.76. The van der Waals surface area contributed by atoms with Gasteiger partial charge >= 0.3 is 0 Å². The highest BCUT2D eigenvalue weighted by molar-refractivity contribution is 7.98. The van der Waals surface area contributed by atoms with Gasteiger partial charge < -0.3 is 4.40 Å². The van der Waals surface area contributed by atoms with Gasteiger partial charge in [0.25, 0.3) is 0 Å². The number of halogens is 1. The summed E-state index contributed by atoms with van der Waals surface area (Å²) >= 11 is 7.67. The van der Waals surface area contributed by atoms with Crippen molar-refractivity contribution in [2.24, 2.45) is 0 Å². The molecule has 0 amide bonds. The molecule has 0 bridgehead atoms. The van der Waals surface area contributed by atoms with Crippen LogP contribution in [-0.4, -0.2) is 24.1 Å². The molecule has 0 saturated carbocycles. The normalized spacial score (nSPS) is 11.2. The number of aryl methyl sites for hydroxylation is 1. The Labute approximate surface area is 148 Å². The lowest BCUT2D eigenvalue weighted by molar-refractivity contribution is 0.883. The zero-order valence-electron chi connectivity index (χ0n) is 12.9. The quantitative estimate of drug-likeness (QED) is 0.515. The van der Waals surface area contributed by atoms with E-state index in [2.05, 4.69) is 29.4 Å². The molecule has 0 atom stereocenters. The molecule has 0 unspecified atom stereocenters. The highest BCUT2D eigenvalue weighted by Gasteiger charge is 2.10. The first-order valence-corrected chi connectivity index (χ1v) is 8.79. The average molecular weight is 356 g/mol. The molecule has 3 aromatic heterocycles. The monoisotopic (exact) mass is 355 g/mol. The van der Waals surface area contributed by atoms with Gasteiger partial charge in [-0.15, -0.1) is 10.2 Å². The van der Waals surface area contributed by atoms with Crippen LogP contribution in [0.3, 0.4) is 0 Å². The number of benzene rings is 1. The van der Waals surface area contributed by atoms with Crippen molar-refractivity contribution in [2.45, 2.75) is 17.8 Å². The minimum absolute atomic E-state index is 0.688. The Morgan fingerprint density at radius 1 is 1.21 bits per heavy atom. The lowest BCUT2D eigenvalue weighted by atomic mass is 10.3. The lowest BCUT2D eigenvalue weighted by Gasteiger charge is -2.05. The van der Waals surface area contributed by atoms with E-state index in [0.717, 1.165) is 33.5 Å². The molecule has 0 aliphatic heterocycles. The number of rotatable bonds is 4. The molecule has 5 nitrogen and oxygen atoms in total. The van der Waals surface area contributed by atoms with Crippen LogP contribution in [-0.2, 0) is 5.75 Å². The van der Waals surface area contributed by atoms with Crippen LogP contribution in [0.15, 0.2) is 60.3 Å². The first-order chi connectivity index (χ1) is 11.7. The molecule has 0 N–H and O–H groups in total. The Morgan fingerprint density at radius 2 is 2.12 bits per heavy atom. The van der Waals surface area contributed by atoms with E-state index < -0.39 is 0 Å². The van der Waals surface area contributed by atoms with Gasteiger partial charge in [0.2, 0.25) is 0 Å². The molecular formula is C17H14ClN5S. The van der Waals surface area contributed by atoms with Crippen molar-refractivity contribution in [2.75, 3.05) is 0 Å². The molecule has 3 heterocycles. The van der Waals surface area contributed by atoms with E-state index in [-0.39, 0.29) is 0 Å². The third-order valence-corrected chi connectivity index (χ3v) is 4.89. The summed E-state index contributed by atoms with van der Waals surface area (Å²) in [6.45, 7) is 2.06. The minimum Gasteiger partial charge on any atom is -0.307 e. The van der Waals surface area contributed by atoms with Gasteiger partial charge in [0.05, 0.1) is 11.4 Å². The fraction of sp³-hybridized carbons (Fsp3) is 0.118. The second kappa shape index (κ2) is 6.30. The van der Waals surface area contributed by atoms with E-state index in [4.69, 9.17) is 16.6 Å². The van der Waals surface area contributed by atoms with E-state index in [1.54, 1.807) is 18.1 Å². The molecule has 7 heteroatoms. The molecule has 1 aromatic carbocycles. The molecule has 24 heavy (non-hydrogen) atoms. The van der Waals surface area contributed by atoms with Crippen molar-refractivity contribution in [3.8, 4) is 5.69 Å². The van der Waals surface area contributed by atoms with E-state index >= 15 is 0 Å². The number of fused-ring (bicyclic) bond motifs is 1. The highest BCUT2D eigenvalue weighted by Crippen LogP contribution is 2.24. The summed E-state index contributed by atoms with van der Waals surface area (Å²) in [4.78, 5) is 4.69. The molecular weight excluding hydrogens is 342 g/mol. The number of nitrogens with zero attached hydrogens (tertiary/aromatic N) is 5. The molecule has 0 aliphatic carbocycles. The molecule has 120 valence electrons. The van der Waals surface area contributed by atoms with Crippen LogP contribution in [0.4, 0.5) is 0 Å². The van der Waals surface area contributed by atoms with Gasteiger partial charge in [-0.25, -0.2) is 4.98 Å². The van der Waals surface area contributed by atoms with Gasteiger partial charge in [-0.2, -0.15) is 0 Å². The lowest BCUT2D eigenvalue weighted by Crippen LogP contribution is -1.95. The van der Waals surface area contributed by atoms with E-state index in [0.29, 0.717) is 5.02 Å². The maximum absolute atomic E-state index is 6.07. The Hall–Kier alpha value is -2.31. The van der Waals surface area contributed by atoms with Gasteiger partial charge in [-0.3, -0.25) is 4.57 Å². The van der Waals surface area contributed by atoms with Gasteiger partial charge in [-0.05, 0) is 36.8 Å². The van der Waals surface area contributed by atoms with Crippen LogP contribution in [0.1, 0.15) is 11.3 Å². The van der Waals surface area contributed by atoms with Crippen LogP contribution in [0.5, 0.6) is 0 Å². The Bertz CT molecular complexity index is 1010. The summed E-state index contributed by atoms with van der Waals surface area (Å²) in [6, 6.07) is 11.7. The molecule has 0 saturated heterocycles. The smallest absolute Gasteiger partial charge is 0.195 e. The fourth-order valence-corrected chi connectivity index (χ4v) is 3.54. The van der Waals surface area contributed by atoms with E-state index in [1.807, 2.05) is 45.5 Å². The third kappa shape index (κ3) is 2.90. The summed E-state index contributed by atoms with van der Waals surface area (Å²) < 4.78 is 3.98. The molecule has 0 fully saturated rings. The number of thioether (sulfide) groups is 1. The summed E-state index contributed by atoms with van der Waals surface area (Å²) in [5, 5.41) is 9.73. The third-order valence-electron chi connectivity index (χ3n) is 3.68. The van der Waals surface area contributed by atoms with E-state index in [1.165, 1.54) is 0 Å². The predicted molar refractivity (Wildman–Crippen MR) is 95.9 cm³/mol. The van der Waals surface area contributed by atoms with Crippen LogP contribution in [0.2, 0.25) is 5.02 Å². The maximum Gasteiger partial charge on any atom is 0.195 e. The molecule has 0 radical (unpaired) electrons. The first kappa shape index (κ1) is 15.2. The van der Waals surface area contributed by atoms with Gasteiger partial charge in [0.15, 0.2) is 5.16 Å². The maximum atomic E-state index is 6.07. The Kier molecular flexibility index (Phi) is 4.00. The highest BCUT2D eigenvalue weighted by atomic mass is 35.5. The molecule has 0 spiro atoms. The van der Waals surface area contributed by atoms with Gasteiger partial charge in [0, 0.05) is 23.2 Å². The van der Waals surface area contributed by atoms with Gasteiger partial charge in [0.1, 0.15) is 12.0 Å². The largest absolute Gasteiger partial charge is 0.307 e. The number of imidazole rings is 1. The Morgan fingerprint density at radius 3 is 2.96 bits per heavy atom. The van der Waals surface area contributed by atoms with Crippen molar-refractivity contribution in [3.63, 3.8) is 0 Å². The van der Waals surface area contributed by atoms with Gasteiger partial charge in [-0.1, -0.05) is 35.5 Å². The molecule has 4 rings (SSSR count). The van der Waals surface area contributed by atoms with Crippen molar-refractivity contribution < 1.29 is 0 Å². The Balaban J connectivity index is 1.58. The second-order valence-corrected chi connectivity index (χ2v) is 6.79. The molecule has 0 aliphatic rings. The topological polar surface area (TPSA) is 48.0 Å². The summed E-state index contributed by atoms with van der Waals surface area (Å²) in [5.74, 6) is 0.723. The zero-order chi connectivity index (χ0) is 16.5. The average Bonchev–Trinajstić information content (AvgIpc) is 3.20. The second-order valence-electron chi connectivity index (χ2n) is 5.41. The van der Waals surface area contributed by atoms with Crippen LogP contribution >= 0.6 is 23.4 Å². The van der Waals surface area contributed by atoms with Crippen LogP contribution < -0.4 is 0 Å². The number of pyridine rings is 1. The number of aromatic nitrogens is 5. The standard InChI is InChI=1S/C17H14ClN5S/c1-12-4-3-7-22-9-14(20-16(12)22)10-24-17-21-19-11-23(17)15-6-2-5-13(18)8-15/h2-9,11H,10H2,1H3. The number of hydrogen-bond donors (Lipinski definition) is 0. The van der Waals surface area contributed by atoms with Crippen molar-refractivity contribution in [1.29, 1.82) is 0 Å². The van der Waals surface area contributed by atoms with Crippen LogP contribution in [0.25, 0.3) is 11.3 Å². The first-order valence-electron chi connectivity index (χ1n) is 7.43. The molecule has 4 aromatic rings. The van der Waals surface area contributed by atoms with E-state index in [9.17, 15) is 0 Å². The summed E-state index contributed by atoms with van der Waals surface area (Å²) in [7, 11) is 0. The summed E-state index contributed by atoms with van der Waals surface area (Å²) in [5.41, 5.74) is 4.11. The van der Waals surface area contributed by atoms with Crippen molar-refractivity contribution in [3.05, 3.63) is 71.4 Å². The van der Waals surface area contributed by atoms with Crippen molar-refractivity contribution >= 4 is 29.0 Å². The SMILES string of the molecule is Cc1cccn2cc(CSc3nncn3-c3cccc(Cl)c3)nc12. The minimum atomic E-state index is 0.688. The predicted octanol–water partition coefficient (Wildman–Crippen LogP) is 4.17. The number of hydrogen-bond acceptors (Lipinski definition) is 4. The fourth-order valence-electron chi connectivity index (χ4n) is 2.54. The van der Waals surface area contributed by atoms with Crippen molar-refractivity contribution in [1.82, 2.24) is 24.1 Å². The van der Waals surface area contributed by atoms with Crippen LogP contribution in [0, 0.1) is 6.92 Å². The zero-order valence-corrected chi connectivity index (χ0v) is 14.5.